The van der Waals surface area contributed by atoms with Crippen LogP contribution in [0.3, 0.4) is 0 Å². The van der Waals surface area contributed by atoms with Gasteiger partial charge in [0, 0.05) is 11.8 Å². The molecule has 0 aromatic heterocycles. The first-order valence-corrected chi connectivity index (χ1v) is 5.43. The van der Waals surface area contributed by atoms with Crippen molar-refractivity contribution < 1.29 is 18.7 Å². The lowest BCUT2D eigenvalue weighted by molar-refractivity contribution is -0.143. The third-order valence-electron chi connectivity index (χ3n) is 2.57. The number of esters is 1. The van der Waals surface area contributed by atoms with Crippen molar-refractivity contribution in [1.29, 1.82) is 0 Å². The van der Waals surface area contributed by atoms with Gasteiger partial charge in [-0.2, -0.15) is 0 Å². The Labute approximate surface area is 103 Å². The van der Waals surface area contributed by atoms with Gasteiger partial charge in [0.15, 0.2) is 0 Å². The molecule has 0 radical (unpaired) electrons. The van der Waals surface area contributed by atoms with E-state index < -0.39 is 17.7 Å². The summed E-state index contributed by atoms with van der Waals surface area (Å²) in [6.07, 6.45) is 1.32. The predicted octanol–water partition coefficient (Wildman–Crippen LogP) is 1.94. The molecule has 1 aliphatic rings. The molecule has 1 heterocycles. The SMILES string of the molecule is CCOC(=O)C1C=Nc2ccc(F)cc2C1=C=O. The highest BCUT2D eigenvalue weighted by atomic mass is 19.1. The number of fused-ring (bicyclic) bond motifs is 1. The van der Waals surface area contributed by atoms with Gasteiger partial charge >= 0.3 is 5.97 Å². The summed E-state index contributed by atoms with van der Waals surface area (Å²) in [5.74, 6) is -0.322. The zero-order valence-corrected chi connectivity index (χ0v) is 9.64. The number of hydrogen-bond acceptors (Lipinski definition) is 4. The average molecular weight is 247 g/mol. The molecule has 2 rings (SSSR count). The molecule has 0 bridgehead atoms. The van der Waals surface area contributed by atoms with Crippen LogP contribution in [0.15, 0.2) is 23.2 Å². The van der Waals surface area contributed by atoms with Crippen molar-refractivity contribution in [2.45, 2.75) is 6.92 Å². The van der Waals surface area contributed by atoms with Crippen molar-refractivity contribution in [3.05, 3.63) is 29.6 Å². The summed E-state index contributed by atoms with van der Waals surface area (Å²) in [5.41, 5.74) is 0.777. The largest absolute Gasteiger partial charge is 0.465 e. The molecule has 1 unspecified atom stereocenters. The number of nitrogens with zero attached hydrogens (tertiary/aromatic N) is 1. The zero-order chi connectivity index (χ0) is 13.1. The normalized spacial score (nSPS) is 17.0. The molecule has 0 fully saturated rings. The first kappa shape index (κ1) is 12.2. The van der Waals surface area contributed by atoms with Crippen molar-refractivity contribution in [3.8, 4) is 0 Å². The van der Waals surface area contributed by atoms with Gasteiger partial charge in [-0.15, -0.1) is 0 Å². The minimum Gasteiger partial charge on any atom is -0.465 e. The number of benzene rings is 1. The number of hydrogen-bond donors (Lipinski definition) is 0. The molecular formula is C13H10FNO3. The van der Waals surface area contributed by atoms with E-state index in [1.807, 2.05) is 0 Å². The predicted molar refractivity (Wildman–Crippen MR) is 63.8 cm³/mol. The number of carbonyl (C=O) groups is 1. The maximum Gasteiger partial charge on any atom is 0.319 e. The third kappa shape index (κ3) is 2.08. The zero-order valence-electron chi connectivity index (χ0n) is 9.64. The molecule has 0 saturated carbocycles. The van der Waals surface area contributed by atoms with Gasteiger partial charge in [-0.1, -0.05) is 0 Å². The van der Waals surface area contributed by atoms with Gasteiger partial charge in [-0.3, -0.25) is 9.79 Å². The third-order valence-corrected chi connectivity index (χ3v) is 2.57. The van der Waals surface area contributed by atoms with Crippen LogP contribution in [-0.4, -0.2) is 24.7 Å². The van der Waals surface area contributed by atoms with Gasteiger partial charge in [0.1, 0.15) is 17.7 Å². The van der Waals surface area contributed by atoms with Crippen molar-refractivity contribution in [3.63, 3.8) is 0 Å². The Morgan fingerprint density at radius 1 is 1.56 bits per heavy atom. The maximum atomic E-state index is 13.2. The van der Waals surface area contributed by atoms with E-state index in [9.17, 15) is 14.0 Å². The first-order chi connectivity index (χ1) is 8.67. The molecule has 1 atom stereocenters. The second-order valence-corrected chi connectivity index (χ2v) is 3.69. The highest BCUT2D eigenvalue weighted by Gasteiger charge is 2.29. The lowest BCUT2D eigenvalue weighted by atomic mass is 9.91. The van der Waals surface area contributed by atoms with Gasteiger partial charge in [-0.05, 0) is 25.1 Å². The van der Waals surface area contributed by atoms with Crippen molar-refractivity contribution in [2.75, 3.05) is 6.61 Å². The second-order valence-electron chi connectivity index (χ2n) is 3.69. The molecule has 5 heteroatoms. The molecular weight excluding hydrogens is 237 g/mol. The van der Waals surface area contributed by atoms with Crippen LogP contribution in [0, 0.1) is 11.7 Å². The lowest BCUT2D eigenvalue weighted by Gasteiger charge is -2.18. The number of ether oxygens (including phenoxy) is 1. The minimum absolute atomic E-state index is 0.0537. The Morgan fingerprint density at radius 2 is 2.33 bits per heavy atom. The fraction of sp³-hybridized carbons (Fsp3) is 0.231. The summed E-state index contributed by atoms with van der Waals surface area (Å²) in [6, 6.07) is 3.85. The van der Waals surface area contributed by atoms with Crippen LogP contribution in [0.1, 0.15) is 12.5 Å². The Kier molecular flexibility index (Phi) is 3.35. The van der Waals surface area contributed by atoms with E-state index in [1.54, 1.807) is 12.9 Å². The van der Waals surface area contributed by atoms with E-state index in [0.717, 1.165) is 6.07 Å². The lowest BCUT2D eigenvalue weighted by Crippen LogP contribution is -2.23. The fourth-order valence-electron chi connectivity index (χ4n) is 1.76. The smallest absolute Gasteiger partial charge is 0.319 e. The highest BCUT2D eigenvalue weighted by molar-refractivity contribution is 6.13. The molecule has 0 N–H and O–H groups in total. The summed E-state index contributed by atoms with van der Waals surface area (Å²) in [7, 11) is 0. The maximum absolute atomic E-state index is 13.2. The average Bonchev–Trinajstić information content (AvgIpc) is 2.37. The fourth-order valence-corrected chi connectivity index (χ4v) is 1.76. The number of rotatable bonds is 2. The van der Waals surface area contributed by atoms with Gasteiger partial charge in [0.05, 0.1) is 17.9 Å². The van der Waals surface area contributed by atoms with Crippen LogP contribution >= 0.6 is 0 Å². The van der Waals surface area contributed by atoms with Crippen molar-refractivity contribution >= 4 is 29.4 Å². The van der Waals surface area contributed by atoms with Crippen LogP contribution in [0.5, 0.6) is 0 Å². The van der Waals surface area contributed by atoms with Crippen LogP contribution in [0.25, 0.3) is 5.57 Å². The number of aliphatic imine (C=N–C) groups is 1. The molecule has 4 nitrogen and oxygen atoms in total. The summed E-state index contributed by atoms with van der Waals surface area (Å²) in [6.45, 7) is 1.86. The van der Waals surface area contributed by atoms with Gasteiger partial charge < -0.3 is 4.74 Å². The van der Waals surface area contributed by atoms with E-state index in [1.165, 1.54) is 18.3 Å². The first-order valence-electron chi connectivity index (χ1n) is 5.43. The summed E-state index contributed by atoms with van der Waals surface area (Å²) in [4.78, 5) is 26.7. The van der Waals surface area contributed by atoms with Crippen LogP contribution in [0.4, 0.5) is 10.1 Å². The standard InChI is InChI=1S/C13H10FNO3/c1-2-18-13(17)10-6-15-12-4-3-8(14)5-9(12)11(10)7-16/h3-6,10H,2H2,1H3. The number of carbonyl (C=O) groups excluding carboxylic acids is 2. The van der Waals surface area contributed by atoms with Gasteiger partial charge in [0.2, 0.25) is 0 Å². The summed E-state index contributed by atoms with van der Waals surface area (Å²) in [5, 5.41) is 0. The molecule has 1 aromatic carbocycles. The number of halogens is 1. The molecule has 0 spiro atoms. The molecule has 92 valence electrons. The van der Waals surface area contributed by atoms with Crippen molar-refractivity contribution in [2.24, 2.45) is 10.9 Å². The van der Waals surface area contributed by atoms with Crippen LogP contribution in [-0.2, 0) is 14.3 Å². The van der Waals surface area contributed by atoms with Crippen LogP contribution < -0.4 is 0 Å². The van der Waals surface area contributed by atoms with E-state index in [2.05, 4.69) is 4.99 Å². The molecule has 0 amide bonds. The monoisotopic (exact) mass is 247 g/mol. The van der Waals surface area contributed by atoms with E-state index in [4.69, 9.17) is 4.74 Å². The van der Waals surface area contributed by atoms with Gasteiger partial charge in [0.25, 0.3) is 0 Å². The van der Waals surface area contributed by atoms with E-state index >= 15 is 0 Å². The summed E-state index contributed by atoms with van der Waals surface area (Å²) < 4.78 is 18.0. The topological polar surface area (TPSA) is 55.7 Å². The molecule has 18 heavy (non-hydrogen) atoms. The van der Waals surface area contributed by atoms with Crippen molar-refractivity contribution in [1.82, 2.24) is 0 Å². The summed E-state index contributed by atoms with van der Waals surface area (Å²) >= 11 is 0. The van der Waals surface area contributed by atoms with Gasteiger partial charge in [-0.25, -0.2) is 9.18 Å². The highest BCUT2D eigenvalue weighted by Crippen LogP contribution is 2.34. The van der Waals surface area contributed by atoms with E-state index in [-0.39, 0.29) is 17.7 Å². The quantitative estimate of drug-likeness (QED) is 0.592. The molecule has 1 aliphatic heterocycles. The van der Waals surface area contributed by atoms with E-state index in [0.29, 0.717) is 5.69 Å². The minimum atomic E-state index is -0.920. The Morgan fingerprint density at radius 3 is 3.00 bits per heavy atom. The Hall–Kier alpha value is -2.26. The molecule has 0 aliphatic carbocycles. The molecule has 0 saturated heterocycles. The van der Waals surface area contributed by atoms with Crippen LogP contribution in [0.2, 0.25) is 0 Å². The second kappa shape index (κ2) is 4.94. The Balaban J connectivity index is 2.47. The Bertz CT molecular complexity index is 574. The molecule has 1 aromatic rings.